The summed E-state index contributed by atoms with van der Waals surface area (Å²) >= 11 is 0. The normalized spacial score (nSPS) is 33.6. The molecule has 182 valence electrons. The molecule has 3 fully saturated rings. The van der Waals surface area contributed by atoms with Gasteiger partial charge in [-0.25, -0.2) is 0 Å². The van der Waals surface area contributed by atoms with Crippen LogP contribution in [0.4, 0.5) is 0 Å². The molecular weight excluding hydrogens is 450 g/mol. The Labute approximate surface area is 210 Å². The van der Waals surface area contributed by atoms with Gasteiger partial charge in [-0.15, -0.1) is 0 Å². The molecule has 2 heterocycles. The quantitative estimate of drug-likeness (QED) is 0.546. The van der Waals surface area contributed by atoms with E-state index in [0.717, 1.165) is 40.6 Å². The first-order valence-electron chi connectivity index (χ1n) is 13.2. The van der Waals surface area contributed by atoms with Gasteiger partial charge in [0.25, 0.3) is 0 Å². The van der Waals surface area contributed by atoms with Gasteiger partial charge in [0.1, 0.15) is 0 Å². The van der Waals surface area contributed by atoms with Crippen molar-refractivity contribution in [1.29, 1.82) is 0 Å². The van der Waals surface area contributed by atoms with Crippen molar-refractivity contribution in [2.45, 2.75) is 55.3 Å². The summed E-state index contributed by atoms with van der Waals surface area (Å²) in [6.45, 7) is 1.85. The van der Waals surface area contributed by atoms with E-state index in [4.69, 9.17) is 4.74 Å². The fourth-order valence-corrected chi connectivity index (χ4v) is 7.87. The highest BCUT2D eigenvalue weighted by atomic mass is 16.5. The van der Waals surface area contributed by atoms with Gasteiger partial charge in [0.15, 0.2) is 23.4 Å². The second kappa shape index (κ2) is 6.99. The van der Waals surface area contributed by atoms with Gasteiger partial charge in [-0.2, -0.15) is 0 Å². The van der Waals surface area contributed by atoms with Gasteiger partial charge in [0, 0.05) is 30.1 Å². The van der Waals surface area contributed by atoms with Crippen molar-refractivity contribution < 1.29 is 19.7 Å². The number of nitrogens with zero attached hydrogens (tertiary/aromatic N) is 1. The maximum absolute atomic E-state index is 14.1. The lowest BCUT2D eigenvalue weighted by molar-refractivity contribution is -0.179. The van der Waals surface area contributed by atoms with Crippen molar-refractivity contribution in [1.82, 2.24) is 4.90 Å². The van der Waals surface area contributed by atoms with Crippen LogP contribution in [0.5, 0.6) is 11.5 Å². The largest absolute Gasteiger partial charge is 0.504 e. The molecule has 0 aromatic heterocycles. The first kappa shape index (κ1) is 21.0. The van der Waals surface area contributed by atoms with Crippen LogP contribution in [0.2, 0.25) is 0 Å². The van der Waals surface area contributed by atoms with Gasteiger partial charge in [0.05, 0.1) is 11.0 Å². The number of phenolic OH excluding ortho intramolecular Hbond substituents is 1. The van der Waals surface area contributed by atoms with Crippen molar-refractivity contribution in [2.75, 3.05) is 13.1 Å². The van der Waals surface area contributed by atoms with Gasteiger partial charge in [-0.05, 0) is 72.2 Å². The number of hydrogen-bond acceptors (Lipinski definition) is 5. The Hall–Kier alpha value is -3.15. The first-order chi connectivity index (χ1) is 17.5. The maximum Gasteiger partial charge on any atom is 0.200 e. The molecule has 1 spiro atoms. The standard InChI is InChI=1S/C31H29NO4/c33-24-11-10-21-15-25-31(35)16-22(14-20-6-3-5-19-4-1-2-7-23(19)20)27(34)29-30(31,26(21)28(24)36-29)12-13-32(25)17-18-8-9-18/h1-7,10-11,14,18,25,29,33,35H,8-9,12-13,15-17H2/b22-14-/t25-,29+,30?,31-/m1/s1. The summed E-state index contributed by atoms with van der Waals surface area (Å²) in [5.41, 5.74) is 1.63. The number of likely N-dealkylation sites (tertiary alicyclic amines) is 1. The Kier molecular flexibility index (Phi) is 4.07. The average Bonchev–Trinajstić information content (AvgIpc) is 3.62. The highest BCUT2D eigenvalue weighted by Crippen LogP contribution is 2.65. The number of fused-ring (bicyclic) bond motifs is 1. The number of ether oxygens (including phenoxy) is 1. The average molecular weight is 480 g/mol. The van der Waals surface area contributed by atoms with Crippen LogP contribution < -0.4 is 4.74 Å². The number of ketones is 1. The summed E-state index contributed by atoms with van der Waals surface area (Å²) < 4.78 is 6.35. The van der Waals surface area contributed by atoms with Gasteiger partial charge < -0.3 is 14.9 Å². The molecule has 5 heteroatoms. The second-order valence-electron chi connectivity index (χ2n) is 11.5. The Morgan fingerprint density at radius 2 is 1.92 bits per heavy atom. The number of aromatic hydroxyl groups is 1. The Bertz CT molecular complexity index is 1480. The molecule has 3 aromatic carbocycles. The van der Waals surface area contributed by atoms with Gasteiger partial charge in [-0.1, -0.05) is 48.5 Å². The van der Waals surface area contributed by atoms with E-state index in [1.54, 1.807) is 6.07 Å². The topological polar surface area (TPSA) is 70.0 Å². The molecule has 36 heavy (non-hydrogen) atoms. The zero-order valence-corrected chi connectivity index (χ0v) is 20.1. The van der Waals surface area contributed by atoms with E-state index >= 15 is 0 Å². The molecular formula is C31H29NO4. The van der Waals surface area contributed by atoms with Gasteiger partial charge in [0.2, 0.25) is 0 Å². The molecule has 0 amide bonds. The van der Waals surface area contributed by atoms with Crippen molar-refractivity contribution in [3.05, 3.63) is 76.9 Å². The van der Waals surface area contributed by atoms with Gasteiger partial charge >= 0.3 is 0 Å². The van der Waals surface area contributed by atoms with Crippen LogP contribution in [-0.4, -0.2) is 51.7 Å². The Morgan fingerprint density at radius 3 is 2.78 bits per heavy atom. The predicted octanol–water partition coefficient (Wildman–Crippen LogP) is 4.37. The van der Waals surface area contributed by atoms with E-state index in [1.807, 2.05) is 36.4 Å². The molecule has 2 saturated carbocycles. The fourth-order valence-electron chi connectivity index (χ4n) is 7.87. The molecule has 2 aliphatic heterocycles. The molecule has 1 unspecified atom stereocenters. The van der Waals surface area contributed by atoms with E-state index in [2.05, 4.69) is 23.1 Å². The molecule has 3 aliphatic carbocycles. The second-order valence-corrected chi connectivity index (χ2v) is 11.5. The summed E-state index contributed by atoms with van der Waals surface area (Å²) in [6, 6.07) is 17.9. The zero-order chi connectivity index (χ0) is 24.2. The van der Waals surface area contributed by atoms with E-state index in [9.17, 15) is 15.0 Å². The third-order valence-electron chi connectivity index (χ3n) is 9.68. The predicted molar refractivity (Wildman–Crippen MR) is 137 cm³/mol. The van der Waals surface area contributed by atoms with Crippen LogP contribution in [0, 0.1) is 5.92 Å². The zero-order valence-electron chi connectivity index (χ0n) is 20.1. The maximum atomic E-state index is 14.1. The number of carbonyl (C=O) groups is 1. The molecule has 5 aliphatic rings. The molecule has 0 radical (unpaired) electrons. The van der Waals surface area contributed by atoms with Crippen molar-refractivity contribution in [2.24, 2.45) is 5.92 Å². The summed E-state index contributed by atoms with van der Waals surface area (Å²) in [6.07, 6.45) is 5.35. The molecule has 2 N–H and O–H groups in total. The highest BCUT2D eigenvalue weighted by molar-refractivity contribution is 6.08. The lowest BCUT2D eigenvalue weighted by Gasteiger charge is -2.62. The van der Waals surface area contributed by atoms with Crippen molar-refractivity contribution >= 4 is 22.6 Å². The summed E-state index contributed by atoms with van der Waals surface area (Å²) in [5, 5.41) is 25.7. The number of piperidine rings is 1. The third kappa shape index (κ3) is 2.55. The van der Waals surface area contributed by atoms with Crippen molar-refractivity contribution in [3.63, 3.8) is 0 Å². The number of benzene rings is 3. The lowest BCUT2D eigenvalue weighted by atomic mass is 9.48. The first-order valence-corrected chi connectivity index (χ1v) is 13.2. The minimum absolute atomic E-state index is 0.0612. The smallest absolute Gasteiger partial charge is 0.200 e. The minimum Gasteiger partial charge on any atom is -0.504 e. The molecule has 1 saturated heterocycles. The van der Waals surface area contributed by atoms with Crippen LogP contribution in [0.1, 0.15) is 42.4 Å². The third-order valence-corrected chi connectivity index (χ3v) is 9.68. The number of aliphatic hydroxyl groups is 1. The summed E-state index contributed by atoms with van der Waals surface area (Å²) in [4.78, 5) is 16.6. The van der Waals surface area contributed by atoms with Crippen LogP contribution in [-0.2, 0) is 16.6 Å². The van der Waals surface area contributed by atoms with Gasteiger partial charge in [-0.3, -0.25) is 9.69 Å². The van der Waals surface area contributed by atoms with Crippen LogP contribution in [0.15, 0.2) is 60.2 Å². The monoisotopic (exact) mass is 479 g/mol. The van der Waals surface area contributed by atoms with E-state index in [1.165, 1.54) is 12.8 Å². The molecule has 2 bridgehead atoms. The van der Waals surface area contributed by atoms with E-state index < -0.39 is 17.1 Å². The molecule has 8 rings (SSSR count). The Morgan fingerprint density at radius 1 is 1.08 bits per heavy atom. The molecule has 4 atom stereocenters. The summed E-state index contributed by atoms with van der Waals surface area (Å²) in [5.74, 6) is 1.12. The number of phenols is 1. The Balaban J connectivity index is 1.32. The highest BCUT2D eigenvalue weighted by Gasteiger charge is 2.74. The summed E-state index contributed by atoms with van der Waals surface area (Å²) in [7, 11) is 0. The van der Waals surface area contributed by atoms with Crippen LogP contribution in [0.3, 0.4) is 0 Å². The van der Waals surface area contributed by atoms with E-state index in [-0.39, 0.29) is 17.6 Å². The van der Waals surface area contributed by atoms with Crippen molar-refractivity contribution in [3.8, 4) is 11.5 Å². The SMILES string of the molecule is O=C1/C(=C\c2cccc3ccccc23)C[C@@]2(O)[C@H]3Cc4ccc(O)c5c4C2(CCN3CC2CC2)[C@H]1O5. The molecule has 5 nitrogen and oxygen atoms in total. The fraction of sp³-hybridized carbons (Fsp3) is 0.387. The number of carbonyl (C=O) groups excluding carboxylic acids is 1. The van der Waals surface area contributed by atoms with Crippen LogP contribution in [0.25, 0.3) is 16.8 Å². The lowest BCUT2D eigenvalue weighted by Crippen LogP contribution is -2.77. The number of hydrogen-bond donors (Lipinski definition) is 2. The minimum atomic E-state index is -1.14. The van der Waals surface area contributed by atoms with E-state index in [0.29, 0.717) is 36.5 Å². The molecule has 3 aromatic rings. The number of Topliss-reactive ketones (excluding diaryl/α,β-unsaturated/α-hetero) is 1. The van der Waals surface area contributed by atoms with Crippen LogP contribution >= 0.6 is 0 Å². The number of rotatable bonds is 3.